The van der Waals surface area contributed by atoms with Gasteiger partial charge in [-0.1, -0.05) is 6.07 Å². The molecule has 1 amide bonds. The molecule has 32 heavy (non-hydrogen) atoms. The Morgan fingerprint density at radius 3 is 2.47 bits per heavy atom. The molecule has 0 fully saturated rings. The summed E-state index contributed by atoms with van der Waals surface area (Å²) in [7, 11) is 1.18. The number of methoxy groups -OCH3 is 1. The average Bonchev–Trinajstić information content (AvgIpc) is 2.73. The molecule has 6 N–H and O–H groups in total. The maximum absolute atomic E-state index is 12.0. The van der Waals surface area contributed by atoms with Gasteiger partial charge in [0.25, 0.3) is 0 Å². The zero-order chi connectivity index (χ0) is 23.6. The van der Waals surface area contributed by atoms with Crippen LogP contribution < -0.4 is 10.1 Å². The fourth-order valence-electron chi connectivity index (χ4n) is 3.44. The number of hydrogen-bond acceptors (Lipinski definition) is 10. The van der Waals surface area contributed by atoms with Crippen LogP contribution in [0.5, 0.6) is 28.7 Å². The Balaban J connectivity index is 1.98. The first-order valence-electron chi connectivity index (χ1n) is 9.51. The lowest BCUT2D eigenvalue weighted by Crippen LogP contribution is -2.43. The molecule has 4 atom stereocenters. The summed E-state index contributed by atoms with van der Waals surface area (Å²) in [6.45, 7) is 1.25. The standard InChI is InChI=1S/C21H23NO9S/c1-9(23)22-12(21(29)30-2)8-32-20-17-15(27)6-11(24)7-16(17)31-19(18(20)28)10-3-4-13(25)14(26)5-10/h3-7,12,18-20,24-28H,8H2,1-2H3,(H,22,23)/t12?,18-,19+,20?/m0/s1. The minimum Gasteiger partial charge on any atom is -0.508 e. The Morgan fingerprint density at radius 1 is 1.12 bits per heavy atom. The third-order valence-corrected chi connectivity index (χ3v) is 6.30. The number of benzene rings is 2. The highest BCUT2D eigenvalue weighted by atomic mass is 32.2. The molecule has 0 aromatic heterocycles. The largest absolute Gasteiger partial charge is 0.508 e. The van der Waals surface area contributed by atoms with Crippen molar-refractivity contribution in [3.63, 3.8) is 0 Å². The van der Waals surface area contributed by atoms with E-state index in [4.69, 9.17) is 9.47 Å². The number of hydrogen-bond donors (Lipinski definition) is 6. The van der Waals surface area contributed by atoms with Crippen molar-refractivity contribution in [2.75, 3.05) is 12.9 Å². The van der Waals surface area contributed by atoms with Gasteiger partial charge in [-0.25, -0.2) is 4.79 Å². The van der Waals surface area contributed by atoms with E-state index in [1.807, 2.05) is 0 Å². The summed E-state index contributed by atoms with van der Waals surface area (Å²) < 4.78 is 10.5. The normalized spacial score (nSPS) is 20.5. The lowest BCUT2D eigenvalue weighted by atomic mass is 9.93. The van der Waals surface area contributed by atoms with E-state index in [2.05, 4.69) is 5.32 Å². The van der Waals surface area contributed by atoms with Crippen LogP contribution in [0.2, 0.25) is 0 Å². The Bertz CT molecular complexity index is 1030. The van der Waals surface area contributed by atoms with E-state index in [1.165, 1.54) is 38.3 Å². The zero-order valence-electron chi connectivity index (χ0n) is 17.2. The third-order valence-electron chi connectivity index (χ3n) is 4.90. The van der Waals surface area contributed by atoms with E-state index < -0.39 is 41.1 Å². The van der Waals surface area contributed by atoms with Crippen LogP contribution in [0.15, 0.2) is 30.3 Å². The number of ether oxygens (including phenoxy) is 2. The van der Waals surface area contributed by atoms with Gasteiger partial charge >= 0.3 is 5.97 Å². The van der Waals surface area contributed by atoms with Gasteiger partial charge in [-0.3, -0.25) is 4.79 Å². The molecular weight excluding hydrogens is 442 g/mol. The highest BCUT2D eigenvalue weighted by Crippen LogP contribution is 2.52. The van der Waals surface area contributed by atoms with E-state index >= 15 is 0 Å². The van der Waals surface area contributed by atoms with Crippen molar-refractivity contribution >= 4 is 23.6 Å². The first-order valence-corrected chi connectivity index (χ1v) is 10.6. The van der Waals surface area contributed by atoms with Gasteiger partial charge in [0, 0.05) is 24.8 Å². The summed E-state index contributed by atoms with van der Waals surface area (Å²) in [5.41, 5.74) is 0.532. The van der Waals surface area contributed by atoms with Crippen LogP contribution in [0.1, 0.15) is 29.4 Å². The summed E-state index contributed by atoms with van der Waals surface area (Å²) in [6, 6.07) is 5.28. The molecule has 1 aliphatic rings. The molecule has 0 aliphatic carbocycles. The Labute approximate surface area is 187 Å². The number of thioether (sulfide) groups is 1. The molecule has 10 nitrogen and oxygen atoms in total. The van der Waals surface area contributed by atoms with E-state index in [9.17, 15) is 35.1 Å². The molecule has 0 saturated carbocycles. The number of phenols is 4. The quantitative estimate of drug-likeness (QED) is 0.272. The van der Waals surface area contributed by atoms with Crippen molar-refractivity contribution in [1.29, 1.82) is 0 Å². The Kier molecular flexibility index (Phi) is 6.90. The summed E-state index contributed by atoms with van der Waals surface area (Å²) in [4.78, 5) is 23.5. The number of carbonyl (C=O) groups is 2. The number of nitrogens with one attached hydrogen (secondary N) is 1. The molecule has 1 aliphatic heterocycles. The van der Waals surface area contributed by atoms with Gasteiger partial charge in [0.15, 0.2) is 17.6 Å². The monoisotopic (exact) mass is 465 g/mol. The third kappa shape index (κ3) is 4.78. The fourth-order valence-corrected chi connectivity index (χ4v) is 4.80. The smallest absolute Gasteiger partial charge is 0.329 e. The van der Waals surface area contributed by atoms with Gasteiger partial charge in [-0.2, -0.15) is 0 Å². The van der Waals surface area contributed by atoms with Crippen molar-refractivity contribution in [1.82, 2.24) is 5.32 Å². The van der Waals surface area contributed by atoms with Crippen LogP contribution in [-0.4, -0.2) is 62.4 Å². The van der Waals surface area contributed by atoms with E-state index in [1.54, 1.807) is 0 Å². The van der Waals surface area contributed by atoms with Crippen LogP contribution in [0.25, 0.3) is 0 Å². The average molecular weight is 465 g/mol. The van der Waals surface area contributed by atoms with Gasteiger partial charge < -0.3 is 40.3 Å². The molecule has 2 unspecified atom stereocenters. The first-order chi connectivity index (χ1) is 15.1. The van der Waals surface area contributed by atoms with Gasteiger partial charge in [0.05, 0.1) is 17.9 Å². The van der Waals surface area contributed by atoms with E-state index in [0.717, 1.165) is 17.8 Å². The van der Waals surface area contributed by atoms with Crippen molar-refractivity contribution in [2.45, 2.75) is 30.4 Å². The second-order valence-electron chi connectivity index (χ2n) is 7.18. The molecule has 3 rings (SSSR count). The number of fused-ring (bicyclic) bond motifs is 1. The van der Waals surface area contributed by atoms with Crippen LogP contribution in [0, 0.1) is 0 Å². The summed E-state index contributed by atoms with van der Waals surface area (Å²) in [6.07, 6.45) is -2.31. The number of amides is 1. The Hall–Kier alpha value is -3.31. The second-order valence-corrected chi connectivity index (χ2v) is 8.36. The number of rotatable bonds is 6. The second kappa shape index (κ2) is 9.45. The fraction of sp³-hybridized carbons (Fsp3) is 0.333. The van der Waals surface area contributed by atoms with Crippen molar-refractivity contribution in [2.24, 2.45) is 0 Å². The van der Waals surface area contributed by atoms with Crippen molar-refractivity contribution in [3.8, 4) is 28.7 Å². The predicted octanol–water partition coefficient (Wildman–Crippen LogP) is 1.46. The molecule has 11 heteroatoms. The van der Waals surface area contributed by atoms with E-state index in [-0.39, 0.29) is 34.3 Å². The topological polar surface area (TPSA) is 166 Å². The molecule has 2 aromatic carbocycles. The van der Waals surface area contributed by atoms with Gasteiger partial charge in [0.1, 0.15) is 29.4 Å². The minimum absolute atomic E-state index is 0.00127. The predicted molar refractivity (Wildman–Crippen MR) is 114 cm³/mol. The number of phenolic OH excluding ortho intramolecular Hbond substituents is 4. The molecule has 0 bridgehead atoms. The molecule has 1 heterocycles. The first kappa shape index (κ1) is 23.4. The summed E-state index contributed by atoms with van der Waals surface area (Å²) in [5, 5.41) is 52.5. The highest BCUT2D eigenvalue weighted by Gasteiger charge is 2.41. The van der Waals surface area contributed by atoms with Crippen LogP contribution in [0.4, 0.5) is 0 Å². The molecule has 0 saturated heterocycles. The summed E-state index contributed by atoms with van der Waals surface area (Å²) in [5.74, 6) is -2.38. The summed E-state index contributed by atoms with van der Waals surface area (Å²) >= 11 is 1.07. The van der Waals surface area contributed by atoms with Crippen LogP contribution in [-0.2, 0) is 14.3 Å². The molecule has 0 spiro atoms. The lowest BCUT2D eigenvalue weighted by Gasteiger charge is -2.37. The minimum atomic E-state index is -1.28. The molecular formula is C21H23NO9S. The van der Waals surface area contributed by atoms with Crippen LogP contribution in [0.3, 0.4) is 0 Å². The zero-order valence-corrected chi connectivity index (χ0v) is 18.0. The van der Waals surface area contributed by atoms with Crippen molar-refractivity contribution < 1.29 is 44.6 Å². The number of esters is 1. The SMILES string of the molecule is COC(=O)C(CSC1c2c(O)cc(O)cc2O[C@H](c2ccc(O)c(O)c2)[C@@H]1O)NC(C)=O. The number of carbonyl (C=O) groups excluding carboxylic acids is 2. The number of aliphatic hydroxyl groups is 1. The number of aliphatic hydroxyl groups excluding tert-OH is 1. The maximum Gasteiger partial charge on any atom is 0.329 e. The van der Waals surface area contributed by atoms with Crippen molar-refractivity contribution in [3.05, 3.63) is 41.5 Å². The lowest BCUT2D eigenvalue weighted by molar-refractivity contribution is -0.144. The molecule has 2 aromatic rings. The molecule has 0 radical (unpaired) electrons. The molecule has 172 valence electrons. The van der Waals surface area contributed by atoms with Gasteiger partial charge in [-0.05, 0) is 17.7 Å². The van der Waals surface area contributed by atoms with Gasteiger partial charge in [-0.15, -0.1) is 11.8 Å². The maximum atomic E-state index is 12.0. The van der Waals surface area contributed by atoms with Crippen LogP contribution >= 0.6 is 11.8 Å². The Morgan fingerprint density at radius 2 is 1.84 bits per heavy atom. The van der Waals surface area contributed by atoms with Gasteiger partial charge in [0.2, 0.25) is 5.91 Å². The van der Waals surface area contributed by atoms with E-state index in [0.29, 0.717) is 5.56 Å². The number of aromatic hydroxyl groups is 4. The highest BCUT2D eigenvalue weighted by molar-refractivity contribution is 7.99.